The molecule has 4 heteroatoms. The van der Waals surface area contributed by atoms with Crippen LogP contribution in [-0.4, -0.2) is 14.2 Å². The highest BCUT2D eigenvalue weighted by atomic mass is 32.2. The van der Waals surface area contributed by atoms with E-state index >= 15 is 0 Å². The fourth-order valence-electron chi connectivity index (χ4n) is 2.27. The Labute approximate surface area is 134 Å². The summed E-state index contributed by atoms with van der Waals surface area (Å²) < 4.78 is 24.5. The Balaban J connectivity index is 2.40. The summed E-state index contributed by atoms with van der Waals surface area (Å²) >= 11 is 0. The van der Waals surface area contributed by atoms with Gasteiger partial charge < -0.3 is 0 Å². The molecule has 0 aliphatic rings. The van der Waals surface area contributed by atoms with Crippen molar-refractivity contribution in [3.05, 3.63) is 41.8 Å². The number of Topliss-reactive ketones (excluding diaryl/α,β-unsaturated/α-hetero) is 1. The molecule has 0 aromatic heterocycles. The molecule has 1 aromatic rings. The van der Waals surface area contributed by atoms with Crippen LogP contribution in [0.1, 0.15) is 58.3 Å². The molecule has 0 aliphatic carbocycles. The normalized spacial score (nSPS) is 11.3. The van der Waals surface area contributed by atoms with Gasteiger partial charge in [0, 0.05) is 17.7 Å². The lowest BCUT2D eigenvalue weighted by Gasteiger charge is -2.07. The van der Waals surface area contributed by atoms with E-state index < -0.39 is 9.84 Å². The van der Waals surface area contributed by atoms with Crippen molar-refractivity contribution in [3.8, 4) is 0 Å². The molecule has 0 radical (unpaired) electrons. The number of sulfone groups is 1. The van der Waals surface area contributed by atoms with Gasteiger partial charge in [-0.2, -0.15) is 0 Å². The molecule has 22 heavy (non-hydrogen) atoms. The molecule has 1 rings (SSSR count). The lowest BCUT2D eigenvalue weighted by atomic mass is 10.1. The van der Waals surface area contributed by atoms with Gasteiger partial charge in [-0.1, -0.05) is 63.8 Å². The van der Waals surface area contributed by atoms with Gasteiger partial charge in [0.15, 0.2) is 0 Å². The predicted octanol–water partition coefficient (Wildman–Crippen LogP) is 4.68. The maximum Gasteiger partial charge on any atom is 0.202 e. The molecule has 0 saturated carbocycles. The van der Waals surface area contributed by atoms with Crippen molar-refractivity contribution < 1.29 is 13.2 Å². The van der Waals surface area contributed by atoms with E-state index in [1.807, 2.05) is 0 Å². The van der Waals surface area contributed by atoms with E-state index in [1.54, 1.807) is 18.2 Å². The van der Waals surface area contributed by atoms with Crippen LogP contribution in [0, 0.1) is 0 Å². The fourth-order valence-corrected chi connectivity index (χ4v) is 3.47. The number of hydrogen-bond acceptors (Lipinski definition) is 3. The van der Waals surface area contributed by atoms with Gasteiger partial charge in [-0.05, 0) is 18.6 Å². The number of rotatable bonds is 11. The predicted molar refractivity (Wildman–Crippen MR) is 90.4 cm³/mol. The molecule has 0 fully saturated rings. The van der Waals surface area contributed by atoms with Crippen molar-refractivity contribution in [1.82, 2.24) is 0 Å². The highest BCUT2D eigenvalue weighted by Crippen LogP contribution is 2.21. The van der Waals surface area contributed by atoms with Crippen molar-refractivity contribution in [2.45, 2.75) is 63.2 Å². The fraction of sp³-hybridized carbons (Fsp3) is 0.500. The molecular weight excluding hydrogens is 296 g/mol. The first-order valence-electron chi connectivity index (χ1n) is 7.98. The van der Waals surface area contributed by atoms with E-state index in [-0.39, 0.29) is 22.0 Å². The zero-order valence-electron chi connectivity index (χ0n) is 13.4. The minimum absolute atomic E-state index is 0.00492. The van der Waals surface area contributed by atoms with Crippen molar-refractivity contribution in [2.75, 3.05) is 0 Å². The molecule has 0 bridgehead atoms. The summed E-state index contributed by atoms with van der Waals surface area (Å²) in [5, 5.41) is 0. The molecule has 122 valence electrons. The van der Waals surface area contributed by atoms with E-state index in [9.17, 15) is 13.2 Å². The van der Waals surface area contributed by atoms with Crippen LogP contribution in [0.3, 0.4) is 0 Å². The molecule has 1 aromatic carbocycles. The van der Waals surface area contributed by atoms with Crippen LogP contribution in [0.25, 0.3) is 0 Å². The Morgan fingerprint density at radius 3 is 2.23 bits per heavy atom. The third-order valence-corrected chi connectivity index (χ3v) is 5.43. The van der Waals surface area contributed by atoms with Gasteiger partial charge in [0.2, 0.25) is 9.84 Å². The number of allylic oxidation sites excluding steroid dienone is 1. The van der Waals surface area contributed by atoms with Crippen LogP contribution >= 0.6 is 0 Å². The van der Waals surface area contributed by atoms with Gasteiger partial charge in [0.25, 0.3) is 0 Å². The number of hydrogen-bond donors (Lipinski definition) is 0. The maximum absolute atomic E-state index is 12.3. The molecule has 0 atom stereocenters. The van der Waals surface area contributed by atoms with Gasteiger partial charge in [-0.3, -0.25) is 4.79 Å². The third-order valence-electron chi connectivity index (χ3n) is 3.64. The van der Waals surface area contributed by atoms with E-state index in [0.717, 1.165) is 19.3 Å². The Kier molecular flexibility index (Phi) is 8.10. The first-order chi connectivity index (χ1) is 10.5. The lowest BCUT2D eigenvalue weighted by molar-refractivity contribution is -0.118. The van der Waals surface area contributed by atoms with Crippen molar-refractivity contribution in [2.24, 2.45) is 0 Å². The Morgan fingerprint density at radius 2 is 1.59 bits per heavy atom. The monoisotopic (exact) mass is 322 g/mol. The van der Waals surface area contributed by atoms with Gasteiger partial charge >= 0.3 is 0 Å². The van der Waals surface area contributed by atoms with Crippen LogP contribution in [-0.2, 0) is 14.6 Å². The summed E-state index contributed by atoms with van der Waals surface area (Å²) in [6, 6.07) is 8.14. The van der Waals surface area contributed by atoms with E-state index in [2.05, 4.69) is 13.5 Å². The van der Waals surface area contributed by atoms with Gasteiger partial charge in [-0.15, -0.1) is 0 Å². The minimum atomic E-state index is -3.59. The molecular formula is C18H26O3S. The molecule has 0 amide bonds. The number of carbonyl (C=O) groups excluding carboxylic acids is 1. The molecule has 0 aliphatic heterocycles. The first kappa shape index (κ1) is 18.6. The zero-order valence-corrected chi connectivity index (χ0v) is 14.2. The van der Waals surface area contributed by atoms with E-state index in [0.29, 0.717) is 6.42 Å². The Bertz CT molecular complexity index is 574. The van der Waals surface area contributed by atoms with Crippen molar-refractivity contribution in [3.63, 3.8) is 0 Å². The first-order valence-corrected chi connectivity index (χ1v) is 9.46. The number of unbranched alkanes of at least 4 members (excludes halogenated alkanes) is 5. The number of carbonyl (C=O) groups is 1. The van der Waals surface area contributed by atoms with Crippen LogP contribution in [0.15, 0.2) is 46.7 Å². The largest absolute Gasteiger partial charge is 0.299 e. The second-order valence-corrected chi connectivity index (χ2v) is 7.64. The van der Waals surface area contributed by atoms with E-state index in [4.69, 9.17) is 0 Å². The molecule has 0 heterocycles. The van der Waals surface area contributed by atoms with Crippen molar-refractivity contribution in [1.29, 1.82) is 0 Å². The number of ketones is 1. The summed E-state index contributed by atoms with van der Waals surface area (Å²) in [6.07, 6.45) is 7.02. The number of benzene rings is 1. The molecule has 3 nitrogen and oxygen atoms in total. The highest BCUT2D eigenvalue weighted by molar-refractivity contribution is 7.95. The quantitative estimate of drug-likeness (QED) is 0.556. The van der Waals surface area contributed by atoms with E-state index in [1.165, 1.54) is 31.4 Å². The third kappa shape index (κ3) is 6.14. The Morgan fingerprint density at radius 1 is 1.00 bits per heavy atom. The van der Waals surface area contributed by atoms with Crippen molar-refractivity contribution >= 4 is 15.6 Å². The topological polar surface area (TPSA) is 51.2 Å². The molecule has 0 spiro atoms. The average molecular weight is 322 g/mol. The van der Waals surface area contributed by atoms with Crippen LogP contribution in [0.4, 0.5) is 0 Å². The molecule has 0 N–H and O–H groups in total. The maximum atomic E-state index is 12.3. The van der Waals surface area contributed by atoms with Crippen LogP contribution in [0.2, 0.25) is 0 Å². The highest BCUT2D eigenvalue weighted by Gasteiger charge is 2.20. The summed E-state index contributed by atoms with van der Waals surface area (Å²) in [5.41, 5.74) is 0. The summed E-state index contributed by atoms with van der Waals surface area (Å²) in [6.45, 7) is 5.77. The second-order valence-electron chi connectivity index (χ2n) is 5.59. The van der Waals surface area contributed by atoms with Gasteiger partial charge in [0.1, 0.15) is 5.78 Å². The minimum Gasteiger partial charge on any atom is -0.299 e. The van der Waals surface area contributed by atoms with Crippen LogP contribution < -0.4 is 0 Å². The summed E-state index contributed by atoms with van der Waals surface area (Å²) in [4.78, 5) is 12.1. The second kappa shape index (κ2) is 9.57. The van der Waals surface area contributed by atoms with Crippen LogP contribution in [0.5, 0.6) is 0 Å². The smallest absolute Gasteiger partial charge is 0.202 e. The standard InChI is InChI=1S/C18H26O3S/c1-3-4-5-6-7-9-12-17(19)15-16(2)22(20,21)18-13-10-8-11-14-18/h8,10-11,13-14H,2-7,9,12,15H2,1H3. The molecule has 0 unspecified atom stereocenters. The van der Waals surface area contributed by atoms with Gasteiger partial charge in [-0.25, -0.2) is 8.42 Å². The average Bonchev–Trinajstić information content (AvgIpc) is 2.51. The SMILES string of the molecule is C=C(CC(=O)CCCCCCCC)S(=O)(=O)c1ccccc1. The Hall–Kier alpha value is -1.42. The molecule has 0 saturated heterocycles. The summed E-state index contributed by atoms with van der Waals surface area (Å²) in [7, 11) is -3.59. The zero-order chi connectivity index (χ0) is 16.4. The lowest BCUT2D eigenvalue weighted by Crippen LogP contribution is -2.09. The summed E-state index contributed by atoms with van der Waals surface area (Å²) in [5.74, 6) is -0.0417. The van der Waals surface area contributed by atoms with Gasteiger partial charge in [0.05, 0.1) is 4.90 Å².